The zero-order valence-corrected chi connectivity index (χ0v) is 21.4. The molecule has 0 aliphatic rings. The fourth-order valence-electron chi connectivity index (χ4n) is 3.57. The lowest BCUT2D eigenvalue weighted by Gasteiger charge is -2.23. The molecule has 9 heteroatoms. The van der Waals surface area contributed by atoms with Crippen molar-refractivity contribution in [2.45, 2.75) is 46.0 Å². The van der Waals surface area contributed by atoms with E-state index in [9.17, 15) is 9.90 Å². The molecule has 35 heavy (non-hydrogen) atoms. The van der Waals surface area contributed by atoms with Gasteiger partial charge < -0.3 is 9.84 Å². The highest BCUT2D eigenvalue weighted by atomic mass is 35.5. The molecule has 0 spiro atoms. The van der Waals surface area contributed by atoms with Gasteiger partial charge in [-0.05, 0) is 62.7 Å². The Morgan fingerprint density at radius 3 is 2.46 bits per heavy atom. The minimum Gasteiger partial charge on any atom is -0.478 e. The molecule has 2 aromatic carbocycles. The van der Waals surface area contributed by atoms with Crippen LogP contribution in [0.4, 0.5) is 0 Å². The quantitative estimate of drug-likeness (QED) is 0.293. The molecule has 0 amide bonds. The van der Waals surface area contributed by atoms with Crippen molar-refractivity contribution in [3.63, 3.8) is 0 Å². The molecule has 2 heterocycles. The Morgan fingerprint density at radius 1 is 1.11 bits per heavy atom. The second-order valence-corrected chi connectivity index (χ2v) is 10.2. The smallest absolute Gasteiger partial charge is 0.347 e. The summed E-state index contributed by atoms with van der Waals surface area (Å²) in [6.07, 6.45) is 3.87. The normalized spacial score (nSPS) is 11.7. The fourth-order valence-corrected chi connectivity index (χ4v) is 4.35. The van der Waals surface area contributed by atoms with E-state index in [0.717, 1.165) is 27.5 Å². The van der Waals surface area contributed by atoms with E-state index >= 15 is 0 Å². The SMILES string of the molecule is Cc1nn(-c2ccc(Cl)cc2)cc1CN(Cc1ccc(OC(C)(C)C(=O)O)cc1)Cc1nccs1. The summed E-state index contributed by atoms with van der Waals surface area (Å²) in [5.41, 5.74) is 2.84. The van der Waals surface area contributed by atoms with Gasteiger partial charge in [-0.1, -0.05) is 23.7 Å². The summed E-state index contributed by atoms with van der Waals surface area (Å²) in [7, 11) is 0. The van der Waals surface area contributed by atoms with Gasteiger partial charge in [0.1, 0.15) is 10.8 Å². The Bertz CT molecular complexity index is 1270. The van der Waals surface area contributed by atoms with Crippen LogP contribution in [0.15, 0.2) is 66.3 Å². The highest BCUT2D eigenvalue weighted by Gasteiger charge is 2.29. The van der Waals surface area contributed by atoms with E-state index in [2.05, 4.69) is 16.1 Å². The Hall–Kier alpha value is -3.20. The third-order valence-corrected chi connectivity index (χ3v) is 6.56. The average molecular weight is 511 g/mol. The lowest BCUT2D eigenvalue weighted by molar-refractivity contribution is -0.152. The summed E-state index contributed by atoms with van der Waals surface area (Å²) < 4.78 is 7.51. The molecule has 0 saturated heterocycles. The number of benzene rings is 2. The van der Waals surface area contributed by atoms with Crippen molar-refractivity contribution in [2.24, 2.45) is 0 Å². The van der Waals surface area contributed by atoms with Gasteiger partial charge in [0.15, 0.2) is 5.60 Å². The first kappa shape index (κ1) is 24.9. The second-order valence-electron chi connectivity index (χ2n) is 8.79. The molecular formula is C26H27ClN4O3S. The zero-order valence-electron chi connectivity index (χ0n) is 19.8. The first-order valence-corrected chi connectivity index (χ1v) is 12.4. The van der Waals surface area contributed by atoms with Gasteiger partial charge in [0.2, 0.25) is 0 Å². The highest BCUT2D eigenvalue weighted by Crippen LogP contribution is 2.23. The molecule has 0 saturated carbocycles. The van der Waals surface area contributed by atoms with E-state index in [1.54, 1.807) is 11.3 Å². The molecule has 0 bridgehead atoms. The molecule has 4 aromatic rings. The van der Waals surface area contributed by atoms with Crippen molar-refractivity contribution >= 4 is 28.9 Å². The summed E-state index contributed by atoms with van der Waals surface area (Å²) in [5.74, 6) is -0.488. The first-order valence-electron chi connectivity index (χ1n) is 11.1. The van der Waals surface area contributed by atoms with E-state index in [4.69, 9.17) is 21.4 Å². The third-order valence-electron chi connectivity index (χ3n) is 5.55. The molecule has 4 rings (SSSR count). The molecule has 0 atom stereocenters. The molecule has 7 nitrogen and oxygen atoms in total. The van der Waals surface area contributed by atoms with Crippen molar-refractivity contribution in [3.8, 4) is 11.4 Å². The molecule has 182 valence electrons. The maximum Gasteiger partial charge on any atom is 0.347 e. The Kier molecular flexibility index (Phi) is 7.54. The van der Waals surface area contributed by atoms with E-state index < -0.39 is 11.6 Å². The second kappa shape index (κ2) is 10.6. The van der Waals surface area contributed by atoms with Crippen LogP contribution in [0.25, 0.3) is 5.69 Å². The van der Waals surface area contributed by atoms with Crippen LogP contribution in [0.3, 0.4) is 0 Å². The van der Waals surface area contributed by atoms with Crippen molar-refractivity contribution in [2.75, 3.05) is 0 Å². The number of aryl methyl sites for hydroxylation is 1. The number of aliphatic carboxylic acids is 1. The molecule has 1 N–H and O–H groups in total. The van der Waals surface area contributed by atoms with Gasteiger partial charge >= 0.3 is 5.97 Å². The van der Waals surface area contributed by atoms with Gasteiger partial charge in [-0.3, -0.25) is 4.90 Å². The summed E-state index contributed by atoms with van der Waals surface area (Å²) in [6.45, 7) is 7.17. The molecule has 0 fully saturated rings. The van der Waals surface area contributed by atoms with Gasteiger partial charge in [0.25, 0.3) is 0 Å². The number of halogens is 1. The lowest BCUT2D eigenvalue weighted by Crippen LogP contribution is -2.37. The van der Waals surface area contributed by atoms with E-state index in [-0.39, 0.29) is 0 Å². The predicted molar refractivity (Wildman–Crippen MR) is 137 cm³/mol. The van der Waals surface area contributed by atoms with Crippen molar-refractivity contribution in [3.05, 3.63) is 93.2 Å². The number of aromatic nitrogens is 3. The van der Waals surface area contributed by atoms with Crippen LogP contribution < -0.4 is 4.74 Å². The van der Waals surface area contributed by atoms with Gasteiger partial charge in [-0.15, -0.1) is 11.3 Å². The van der Waals surface area contributed by atoms with Crippen molar-refractivity contribution < 1.29 is 14.6 Å². The maximum atomic E-state index is 11.3. The topological polar surface area (TPSA) is 80.5 Å². The average Bonchev–Trinajstić information content (AvgIpc) is 3.45. The van der Waals surface area contributed by atoms with Crippen LogP contribution in [0.1, 0.15) is 35.7 Å². The summed E-state index contributed by atoms with van der Waals surface area (Å²) >= 11 is 7.66. The zero-order chi connectivity index (χ0) is 25.0. The van der Waals surface area contributed by atoms with Crippen LogP contribution >= 0.6 is 22.9 Å². The number of rotatable bonds is 10. The van der Waals surface area contributed by atoms with Crippen molar-refractivity contribution in [1.29, 1.82) is 0 Å². The third kappa shape index (κ3) is 6.48. The molecule has 2 aromatic heterocycles. The Balaban J connectivity index is 1.51. The number of carboxylic acid groups (broad SMARTS) is 1. The standard InChI is InChI=1S/C26H27ClN4O3S/c1-18-20(16-31(29-18)22-8-6-21(27)7-9-22)15-30(17-24-28-12-13-35-24)14-19-4-10-23(11-5-19)34-26(2,3)25(32)33/h4-13,16H,14-15,17H2,1-3H3,(H,32,33). The van der Waals surface area contributed by atoms with E-state index in [0.29, 0.717) is 30.4 Å². The Labute approximate surface area is 213 Å². The number of carbonyl (C=O) groups is 1. The minimum atomic E-state index is -1.29. The number of hydrogen-bond donors (Lipinski definition) is 1. The molecular weight excluding hydrogens is 484 g/mol. The van der Waals surface area contributed by atoms with E-state index in [1.165, 1.54) is 13.8 Å². The summed E-state index contributed by atoms with van der Waals surface area (Å²) in [6, 6.07) is 15.2. The highest BCUT2D eigenvalue weighted by molar-refractivity contribution is 7.09. The number of ether oxygens (including phenoxy) is 1. The minimum absolute atomic E-state index is 0.521. The number of nitrogens with zero attached hydrogens (tertiary/aromatic N) is 4. The number of thiazole rings is 1. The van der Waals surface area contributed by atoms with Gasteiger partial charge in [-0.2, -0.15) is 5.10 Å². The molecule has 0 aliphatic heterocycles. The predicted octanol–water partition coefficient (Wildman–Crippen LogP) is 5.74. The van der Waals surface area contributed by atoms with Crippen LogP contribution in [0.2, 0.25) is 5.02 Å². The van der Waals surface area contributed by atoms with Crippen LogP contribution in [0.5, 0.6) is 5.75 Å². The van der Waals surface area contributed by atoms with Crippen LogP contribution in [-0.2, 0) is 24.4 Å². The molecule has 0 aliphatic carbocycles. The van der Waals surface area contributed by atoms with Crippen molar-refractivity contribution in [1.82, 2.24) is 19.7 Å². The van der Waals surface area contributed by atoms with Gasteiger partial charge in [0.05, 0.1) is 17.9 Å². The fraction of sp³-hybridized carbons (Fsp3) is 0.269. The lowest BCUT2D eigenvalue weighted by atomic mass is 10.1. The Morgan fingerprint density at radius 2 is 1.83 bits per heavy atom. The first-order chi connectivity index (χ1) is 16.7. The van der Waals surface area contributed by atoms with E-state index in [1.807, 2.05) is 71.7 Å². The number of hydrogen-bond acceptors (Lipinski definition) is 6. The molecule has 0 radical (unpaired) electrons. The summed E-state index contributed by atoms with van der Waals surface area (Å²) in [5, 5.41) is 17.7. The monoisotopic (exact) mass is 510 g/mol. The van der Waals surface area contributed by atoms with Gasteiger partial charge in [0, 0.05) is 41.4 Å². The summed E-state index contributed by atoms with van der Waals surface area (Å²) in [4.78, 5) is 18.1. The molecule has 0 unspecified atom stereocenters. The van der Waals surface area contributed by atoms with Crippen LogP contribution in [-0.4, -0.2) is 36.3 Å². The van der Waals surface area contributed by atoms with Gasteiger partial charge in [-0.25, -0.2) is 14.5 Å². The number of carboxylic acids is 1. The van der Waals surface area contributed by atoms with Crippen LogP contribution in [0, 0.1) is 6.92 Å². The largest absolute Gasteiger partial charge is 0.478 e. The maximum absolute atomic E-state index is 11.3.